The zero-order chi connectivity index (χ0) is 27.4. The van der Waals surface area contributed by atoms with E-state index in [9.17, 15) is 4.79 Å². The number of nitrogens with one attached hydrogen (secondary N) is 1. The summed E-state index contributed by atoms with van der Waals surface area (Å²) in [7, 11) is 1.97. The van der Waals surface area contributed by atoms with Crippen LogP contribution in [0.1, 0.15) is 64.6 Å². The third kappa shape index (κ3) is 6.41. The molecular weight excluding hydrogens is 554 g/mol. The van der Waals surface area contributed by atoms with Crippen LogP contribution in [0.2, 0.25) is 0 Å². The number of hydrogen-bond acceptors (Lipinski definition) is 9. The molecule has 2 aromatic rings. The molecule has 1 atom stereocenters. The van der Waals surface area contributed by atoms with Crippen LogP contribution >= 0.6 is 15.9 Å². The topological polar surface area (TPSA) is 96.7 Å². The Hall–Kier alpha value is -2.41. The highest BCUT2D eigenvalue weighted by molar-refractivity contribution is 9.10. The van der Waals surface area contributed by atoms with E-state index in [4.69, 9.17) is 24.3 Å². The molecule has 2 aliphatic rings. The molecule has 210 valence electrons. The van der Waals surface area contributed by atoms with Gasteiger partial charge in [-0.25, -0.2) is 15.2 Å². The van der Waals surface area contributed by atoms with E-state index in [1.54, 1.807) is 4.90 Å². The van der Waals surface area contributed by atoms with Gasteiger partial charge in [0.25, 0.3) is 0 Å². The molecule has 1 N–H and O–H groups in total. The summed E-state index contributed by atoms with van der Waals surface area (Å²) in [6, 6.07) is 0. The maximum absolute atomic E-state index is 12.9. The van der Waals surface area contributed by atoms with E-state index in [2.05, 4.69) is 27.6 Å². The van der Waals surface area contributed by atoms with Crippen LogP contribution in [0.4, 0.5) is 10.6 Å². The Labute approximate surface area is 233 Å². The molecule has 12 heteroatoms. The number of aromatic nitrogens is 3. The number of hydrazine groups is 1. The number of nitrogens with zero attached hydrogens (tertiary/aromatic N) is 6. The molecule has 0 radical (unpaired) electrons. The highest BCUT2D eigenvalue weighted by atomic mass is 79.9. The first kappa shape index (κ1) is 28.6. The van der Waals surface area contributed by atoms with Crippen LogP contribution in [0, 0.1) is 0 Å². The Kier molecular flexibility index (Phi) is 9.17. The molecule has 0 bridgehead atoms. The molecule has 1 unspecified atom stereocenters. The van der Waals surface area contributed by atoms with Gasteiger partial charge >= 0.3 is 6.09 Å². The zero-order valence-electron chi connectivity index (χ0n) is 23.3. The van der Waals surface area contributed by atoms with Gasteiger partial charge in [-0.1, -0.05) is 0 Å². The fraction of sp³-hybridized carbons (Fsp3) is 0.654. The highest BCUT2D eigenvalue weighted by Gasteiger charge is 2.33. The van der Waals surface area contributed by atoms with Crippen molar-refractivity contribution in [3.05, 3.63) is 28.1 Å². The second-order valence-corrected chi connectivity index (χ2v) is 11.4. The zero-order valence-corrected chi connectivity index (χ0v) is 24.9. The number of anilines is 1. The smallest absolute Gasteiger partial charge is 0.410 e. The third-order valence-electron chi connectivity index (χ3n) is 6.47. The fourth-order valence-corrected chi connectivity index (χ4v) is 5.53. The summed E-state index contributed by atoms with van der Waals surface area (Å²) >= 11 is 3.88. The lowest BCUT2D eigenvalue weighted by Gasteiger charge is -2.35. The van der Waals surface area contributed by atoms with Gasteiger partial charge < -0.3 is 29.0 Å². The maximum Gasteiger partial charge on any atom is 0.410 e. The first-order valence-electron chi connectivity index (χ1n) is 13.3. The largest absolute Gasteiger partial charge is 0.444 e. The molecule has 0 aromatic carbocycles. The molecule has 0 saturated carbocycles. The second-order valence-electron chi connectivity index (χ2n) is 10.6. The van der Waals surface area contributed by atoms with Crippen LogP contribution in [-0.2, 0) is 14.2 Å². The summed E-state index contributed by atoms with van der Waals surface area (Å²) < 4.78 is 20.0. The van der Waals surface area contributed by atoms with Crippen LogP contribution in [0.15, 0.2) is 16.9 Å². The van der Waals surface area contributed by atoms with Gasteiger partial charge in [0.05, 0.1) is 16.4 Å². The van der Waals surface area contributed by atoms with Crippen LogP contribution in [0.5, 0.6) is 0 Å². The van der Waals surface area contributed by atoms with Gasteiger partial charge in [-0.15, -0.1) is 0 Å². The summed E-state index contributed by atoms with van der Waals surface area (Å²) in [5.74, 6) is 0.837. The Morgan fingerprint density at radius 1 is 1.24 bits per heavy atom. The van der Waals surface area contributed by atoms with E-state index < -0.39 is 5.60 Å². The first-order chi connectivity index (χ1) is 18.1. The van der Waals surface area contributed by atoms with E-state index in [-0.39, 0.29) is 12.0 Å². The Bertz CT molecular complexity index is 1150. The van der Waals surface area contributed by atoms with E-state index >= 15 is 0 Å². The van der Waals surface area contributed by atoms with Crippen molar-refractivity contribution in [2.75, 3.05) is 58.3 Å². The molecule has 1 saturated heterocycles. The number of likely N-dealkylation sites (tertiary alicyclic amines) is 1. The highest BCUT2D eigenvalue weighted by Crippen LogP contribution is 2.38. The van der Waals surface area contributed by atoms with E-state index in [1.807, 2.05) is 62.3 Å². The minimum Gasteiger partial charge on any atom is -0.444 e. The number of ether oxygens (including phenoxy) is 3. The molecule has 0 spiro atoms. The van der Waals surface area contributed by atoms with E-state index in [1.165, 1.54) is 0 Å². The molecule has 2 aromatic heterocycles. The molecule has 2 aliphatic heterocycles. The second kappa shape index (κ2) is 12.2. The SMILES string of the molecule is CCOCN(COCC)c1c(Br)c(C2CCCN(C(=O)OC(C)(C)C)C2)nc2c(C3=CN(C)NC3)cnn12. The Morgan fingerprint density at radius 3 is 2.55 bits per heavy atom. The molecule has 1 amide bonds. The fourth-order valence-electron chi connectivity index (χ4n) is 4.70. The van der Waals surface area contributed by atoms with Gasteiger partial charge in [-0.3, -0.25) is 0 Å². The molecule has 0 aliphatic carbocycles. The summed E-state index contributed by atoms with van der Waals surface area (Å²) in [5.41, 5.74) is 6.47. The van der Waals surface area contributed by atoms with Crippen LogP contribution in [-0.4, -0.2) is 89.6 Å². The molecule has 4 rings (SSSR count). The molecule has 1 fully saturated rings. The lowest BCUT2D eigenvalue weighted by Crippen LogP contribution is -2.42. The summed E-state index contributed by atoms with van der Waals surface area (Å²) in [6.45, 7) is 13.3. The minimum absolute atomic E-state index is 0.0246. The van der Waals surface area contributed by atoms with Crippen molar-refractivity contribution >= 4 is 39.1 Å². The van der Waals surface area contributed by atoms with Gasteiger partial charge in [-0.05, 0) is 69.0 Å². The number of piperidine rings is 1. The maximum atomic E-state index is 12.9. The first-order valence-corrected chi connectivity index (χ1v) is 14.0. The Morgan fingerprint density at radius 2 is 1.95 bits per heavy atom. The summed E-state index contributed by atoms with van der Waals surface area (Å²) in [6.07, 6.45) is 5.41. The quantitative estimate of drug-likeness (QED) is 0.429. The van der Waals surface area contributed by atoms with Crippen molar-refractivity contribution < 1.29 is 19.0 Å². The number of carbonyl (C=O) groups excluding carboxylic acids is 1. The van der Waals surface area contributed by atoms with Gasteiger partial charge in [0, 0.05) is 57.6 Å². The molecule has 38 heavy (non-hydrogen) atoms. The van der Waals surface area contributed by atoms with Crippen LogP contribution < -0.4 is 10.3 Å². The number of fused-ring (bicyclic) bond motifs is 1. The number of hydrogen-bond donors (Lipinski definition) is 1. The molecule has 4 heterocycles. The summed E-state index contributed by atoms with van der Waals surface area (Å²) in [5, 5.41) is 6.70. The van der Waals surface area contributed by atoms with Crippen LogP contribution in [0.25, 0.3) is 11.2 Å². The number of amides is 1. The van der Waals surface area contributed by atoms with Gasteiger partial charge in [0.15, 0.2) is 11.5 Å². The average Bonchev–Trinajstić information content (AvgIpc) is 3.49. The van der Waals surface area contributed by atoms with Crippen molar-refractivity contribution in [2.45, 2.75) is 59.0 Å². The predicted molar refractivity (Wildman–Crippen MR) is 150 cm³/mol. The normalized spacial score (nSPS) is 18.3. The third-order valence-corrected chi connectivity index (χ3v) is 7.23. The predicted octanol–water partition coefficient (Wildman–Crippen LogP) is 4.19. The molecule has 11 nitrogen and oxygen atoms in total. The lowest BCUT2D eigenvalue weighted by molar-refractivity contribution is 0.0197. The number of carbonyl (C=O) groups is 1. The standard InChI is InChI=1S/C26H40BrN7O4/c1-7-36-16-33(17-37-8-2)24-21(27)22(18-10-9-11-32(15-18)25(35)38-26(3,4)5)30-23-20(13-29-34(23)24)19-12-28-31(6)14-19/h13-14,18,28H,7-12,15-17H2,1-6H3. The average molecular weight is 595 g/mol. The Balaban J connectivity index is 1.79. The lowest BCUT2D eigenvalue weighted by atomic mass is 9.94. The van der Waals surface area contributed by atoms with Crippen molar-refractivity contribution in [2.24, 2.45) is 0 Å². The van der Waals surface area contributed by atoms with Crippen molar-refractivity contribution in [3.8, 4) is 0 Å². The van der Waals surface area contributed by atoms with Gasteiger partial charge in [0.1, 0.15) is 19.1 Å². The molecular formula is C26H40BrN7O4. The summed E-state index contributed by atoms with van der Waals surface area (Å²) in [4.78, 5) is 21.9. The number of rotatable bonds is 9. The van der Waals surface area contributed by atoms with Gasteiger partial charge in [0.2, 0.25) is 0 Å². The number of halogens is 1. The van der Waals surface area contributed by atoms with E-state index in [0.29, 0.717) is 46.3 Å². The van der Waals surface area contributed by atoms with Crippen molar-refractivity contribution in [3.63, 3.8) is 0 Å². The van der Waals surface area contributed by atoms with Gasteiger partial charge in [-0.2, -0.15) is 9.61 Å². The van der Waals surface area contributed by atoms with E-state index in [0.717, 1.165) is 45.6 Å². The van der Waals surface area contributed by atoms with Crippen molar-refractivity contribution in [1.82, 2.24) is 29.9 Å². The van der Waals surface area contributed by atoms with Crippen molar-refractivity contribution in [1.29, 1.82) is 0 Å². The van der Waals surface area contributed by atoms with Crippen LogP contribution in [0.3, 0.4) is 0 Å². The monoisotopic (exact) mass is 593 g/mol. The minimum atomic E-state index is -0.545.